The molecule has 2 aromatic rings. The monoisotopic (exact) mass is 315 g/mol. The van der Waals surface area contributed by atoms with Gasteiger partial charge in [-0.05, 0) is 18.1 Å². The van der Waals surface area contributed by atoms with Crippen LogP contribution in [0.1, 0.15) is 11.4 Å². The van der Waals surface area contributed by atoms with Gasteiger partial charge in [0.2, 0.25) is 0 Å². The lowest BCUT2D eigenvalue weighted by Gasteiger charge is -2.26. The van der Waals surface area contributed by atoms with Crippen LogP contribution in [-0.4, -0.2) is 45.9 Å². The second-order valence-electron chi connectivity index (χ2n) is 5.83. The lowest BCUT2D eigenvalue weighted by atomic mass is 9.97. The molecule has 0 fully saturated rings. The van der Waals surface area contributed by atoms with Gasteiger partial charge in [-0.2, -0.15) is 5.10 Å². The van der Waals surface area contributed by atoms with E-state index in [4.69, 9.17) is 4.74 Å². The van der Waals surface area contributed by atoms with Gasteiger partial charge in [-0.25, -0.2) is 9.78 Å². The number of hydrogen-bond donors (Lipinski definition) is 1. The number of ether oxygens (including phenoxy) is 1. The summed E-state index contributed by atoms with van der Waals surface area (Å²) in [6.07, 6.45) is 2.40. The van der Waals surface area contributed by atoms with Crippen molar-refractivity contribution in [2.75, 3.05) is 20.2 Å². The fraction of sp³-hybridized carbons (Fsp3) is 0.438. The highest BCUT2D eigenvalue weighted by molar-refractivity contribution is 5.73. The summed E-state index contributed by atoms with van der Waals surface area (Å²) in [5.41, 5.74) is 1.20. The average molecular weight is 315 g/mol. The smallest absolute Gasteiger partial charge is 0.317 e. The third-order valence-corrected chi connectivity index (χ3v) is 4.03. The second kappa shape index (κ2) is 6.68. The van der Waals surface area contributed by atoms with E-state index in [1.54, 1.807) is 16.6 Å². The standard InChI is InChI=1S/C16H21N5O2/c1-20(9-15-18-11-19-21(15)2)16(22)17-8-12-7-13-5-3-4-6-14(13)23-10-12/h3-6,11-12H,7-10H2,1-2H3,(H,17,22)/t12-/m0/s1. The highest BCUT2D eigenvalue weighted by Gasteiger charge is 2.21. The predicted molar refractivity (Wildman–Crippen MR) is 85.0 cm³/mol. The molecule has 1 aliphatic heterocycles. The Morgan fingerprint density at radius 1 is 1.48 bits per heavy atom. The van der Waals surface area contributed by atoms with E-state index >= 15 is 0 Å². The summed E-state index contributed by atoms with van der Waals surface area (Å²) in [5.74, 6) is 1.99. The summed E-state index contributed by atoms with van der Waals surface area (Å²) in [6, 6.07) is 7.93. The molecule has 3 rings (SSSR count). The summed E-state index contributed by atoms with van der Waals surface area (Å²) in [6.45, 7) is 1.65. The summed E-state index contributed by atoms with van der Waals surface area (Å²) >= 11 is 0. The van der Waals surface area contributed by atoms with Crippen LogP contribution in [0.3, 0.4) is 0 Å². The Bertz CT molecular complexity index is 685. The molecule has 2 amide bonds. The first-order chi connectivity index (χ1) is 11.1. The molecule has 7 heteroatoms. The van der Waals surface area contributed by atoms with Gasteiger partial charge in [0.25, 0.3) is 0 Å². The molecule has 1 atom stereocenters. The molecule has 1 aromatic heterocycles. The van der Waals surface area contributed by atoms with E-state index < -0.39 is 0 Å². The van der Waals surface area contributed by atoms with Crippen molar-refractivity contribution in [2.24, 2.45) is 13.0 Å². The van der Waals surface area contributed by atoms with Crippen molar-refractivity contribution in [1.82, 2.24) is 25.0 Å². The van der Waals surface area contributed by atoms with Crippen LogP contribution in [0.5, 0.6) is 5.75 Å². The summed E-state index contributed by atoms with van der Waals surface area (Å²) in [7, 11) is 3.56. The normalized spacial score (nSPS) is 16.3. The van der Waals surface area contributed by atoms with E-state index in [0.717, 1.165) is 18.0 Å². The number of hydrogen-bond acceptors (Lipinski definition) is 4. The van der Waals surface area contributed by atoms with Crippen LogP contribution >= 0.6 is 0 Å². The number of urea groups is 1. The predicted octanol–water partition coefficient (Wildman–Crippen LogP) is 1.21. The number of aromatic nitrogens is 3. The van der Waals surface area contributed by atoms with E-state index in [9.17, 15) is 4.79 Å². The highest BCUT2D eigenvalue weighted by Crippen LogP contribution is 2.26. The Morgan fingerprint density at radius 3 is 3.09 bits per heavy atom. The number of benzene rings is 1. The molecule has 0 saturated heterocycles. The Labute approximate surface area is 135 Å². The van der Waals surface area contributed by atoms with Gasteiger partial charge < -0.3 is 15.0 Å². The molecule has 0 saturated carbocycles. The number of nitrogens with zero attached hydrogens (tertiary/aromatic N) is 4. The first kappa shape index (κ1) is 15.3. The molecule has 2 heterocycles. The summed E-state index contributed by atoms with van der Waals surface area (Å²) in [5, 5.41) is 6.96. The van der Waals surface area contributed by atoms with Crippen molar-refractivity contribution >= 4 is 6.03 Å². The Balaban J connectivity index is 1.49. The Morgan fingerprint density at radius 2 is 2.30 bits per heavy atom. The van der Waals surface area contributed by atoms with Crippen LogP contribution in [0.2, 0.25) is 0 Å². The van der Waals surface area contributed by atoms with Gasteiger partial charge in [-0.3, -0.25) is 4.68 Å². The molecule has 0 bridgehead atoms. The van der Waals surface area contributed by atoms with Crippen LogP contribution in [0.4, 0.5) is 4.79 Å². The topological polar surface area (TPSA) is 72.3 Å². The number of fused-ring (bicyclic) bond motifs is 1. The number of rotatable bonds is 4. The second-order valence-corrected chi connectivity index (χ2v) is 5.83. The van der Waals surface area contributed by atoms with Crippen LogP contribution in [0, 0.1) is 5.92 Å². The number of amides is 2. The molecule has 23 heavy (non-hydrogen) atoms. The molecular formula is C16H21N5O2. The number of para-hydroxylation sites is 1. The number of aryl methyl sites for hydroxylation is 1. The van der Waals surface area contributed by atoms with Gasteiger partial charge >= 0.3 is 6.03 Å². The van der Waals surface area contributed by atoms with Gasteiger partial charge in [0.1, 0.15) is 17.9 Å². The minimum atomic E-state index is -0.119. The zero-order valence-corrected chi connectivity index (χ0v) is 13.4. The lowest BCUT2D eigenvalue weighted by Crippen LogP contribution is -2.41. The van der Waals surface area contributed by atoms with Gasteiger partial charge in [-0.1, -0.05) is 18.2 Å². The van der Waals surface area contributed by atoms with E-state index in [-0.39, 0.29) is 11.9 Å². The lowest BCUT2D eigenvalue weighted by molar-refractivity contribution is 0.191. The van der Waals surface area contributed by atoms with E-state index in [0.29, 0.717) is 19.7 Å². The Hall–Kier alpha value is -2.57. The molecule has 1 N–H and O–H groups in total. The van der Waals surface area contributed by atoms with Crippen molar-refractivity contribution in [1.29, 1.82) is 0 Å². The third-order valence-electron chi connectivity index (χ3n) is 4.03. The maximum absolute atomic E-state index is 12.2. The minimum Gasteiger partial charge on any atom is -0.493 e. The fourth-order valence-electron chi connectivity index (χ4n) is 2.64. The van der Waals surface area contributed by atoms with E-state index in [1.165, 1.54) is 11.9 Å². The molecular weight excluding hydrogens is 294 g/mol. The molecule has 0 unspecified atom stereocenters. The maximum atomic E-state index is 12.2. The van der Waals surface area contributed by atoms with Crippen molar-refractivity contribution in [3.8, 4) is 5.75 Å². The number of carbonyl (C=O) groups is 1. The van der Waals surface area contributed by atoms with Crippen molar-refractivity contribution in [3.63, 3.8) is 0 Å². The molecule has 1 aliphatic rings. The van der Waals surface area contributed by atoms with Gasteiger partial charge in [0, 0.05) is 26.6 Å². The van der Waals surface area contributed by atoms with E-state index in [1.807, 2.05) is 25.2 Å². The largest absolute Gasteiger partial charge is 0.493 e. The average Bonchev–Trinajstić information content (AvgIpc) is 2.97. The maximum Gasteiger partial charge on any atom is 0.317 e. The molecule has 0 radical (unpaired) electrons. The molecule has 122 valence electrons. The van der Waals surface area contributed by atoms with Crippen LogP contribution < -0.4 is 10.1 Å². The quantitative estimate of drug-likeness (QED) is 0.920. The fourth-order valence-corrected chi connectivity index (χ4v) is 2.64. The minimum absolute atomic E-state index is 0.119. The molecule has 0 aliphatic carbocycles. The van der Waals surface area contributed by atoms with E-state index in [2.05, 4.69) is 21.5 Å². The highest BCUT2D eigenvalue weighted by atomic mass is 16.5. The van der Waals surface area contributed by atoms with Crippen LogP contribution in [0.25, 0.3) is 0 Å². The number of carbonyl (C=O) groups excluding carboxylic acids is 1. The van der Waals surface area contributed by atoms with Gasteiger partial charge in [0.05, 0.1) is 13.2 Å². The number of nitrogens with one attached hydrogen (secondary N) is 1. The summed E-state index contributed by atoms with van der Waals surface area (Å²) < 4.78 is 7.41. The third kappa shape index (κ3) is 3.61. The van der Waals surface area contributed by atoms with Crippen molar-refractivity contribution in [2.45, 2.75) is 13.0 Å². The SMILES string of the molecule is CN(Cc1ncnn1C)C(=O)NC[C@H]1COc2ccccc2C1. The summed E-state index contributed by atoms with van der Waals surface area (Å²) in [4.78, 5) is 17.9. The van der Waals surface area contributed by atoms with Crippen LogP contribution in [-0.2, 0) is 20.0 Å². The zero-order chi connectivity index (χ0) is 16.2. The Kier molecular flexibility index (Phi) is 4.45. The molecule has 7 nitrogen and oxygen atoms in total. The van der Waals surface area contributed by atoms with Crippen molar-refractivity contribution in [3.05, 3.63) is 42.0 Å². The van der Waals surface area contributed by atoms with Crippen molar-refractivity contribution < 1.29 is 9.53 Å². The first-order valence-corrected chi connectivity index (χ1v) is 7.66. The zero-order valence-electron chi connectivity index (χ0n) is 13.4. The first-order valence-electron chi connectivity index (χ1n) is 7.66. The van der Waals surface area contributed by atoms with Crippen LogP contribution in [0.15, 0.2) is 30.6 Å². The van der Waals surface area contributed by atoms with Gasteiger partial charge in [-0.15, -0.1) is 0 Å². The molecule has 0 spiro atoms. The molecule has 1 aromatic carbocycles. The van der Waals surface area contributed by atoms with Gasteiger partial charge in [0.15, 0.2) is 0 Å².